The van der Waals surface area contributed by atoms with Crippen LogP contribution < -0.4 is 27.5 Å². The van der Waals surface area contributed by atoms with Gasteiger partial charge in [0, 0.05) is 10.2 Å². The van der Waals surface area contributed by atoms with Gasteiger partial charge in [0.15, 0.2) is 0 Å². The molecule has 2 aromatic rings. The number of nitrogens with one attached hydrogen (secondary N) is 3. The van der Waals surface area contributed by atoms with Gasteiger partial charge < -0.3 is 22.1 Å². The van der Waals surface area contributed by atoms with Gasteiger partial charge in [-0.05, 0) is 55.7 Å². The van der Waals surface area contributed by atoms with Crippen molar-refractivity contribution in [1.29, 1.82) is 0 Å². The largest absolute Gasteiger partial charge is 0.352 e. The Kier molecular flexibility index (Phi) is 8.13. The Hall–Kier alpha value is -3.67. The number of nitrogens with two attached hydrogens (primary N) is 2. The number of aryl methyl sites for hydroxylation is 1. The van der Waals surface area contributed by atoms with Crippen LogP contribution >= 0.6 is 15.9 Å². The minimum absolute atomic E-state index is 0.186. The summed E-state index contributed by atoms with van der Waals surface area (Å²) in [6, 6.07) is 10.7. The molecule has 32 heavy (non-hydrogen) atoms. The number of carbonyl (C=O) groups is 4. The van der Waals surface area contributed by atoms with Crippen LogP contribution in [-0.2, 0) is 11.2 Å². The average molecular weight is 509 g/mol. The number of hydrogen-bond donors (Lipinski definition) is 5. The van der Waals surface area contributed by atoms with E-state index in [0.717, 1.165) is 4.47 Å². The standard InChI is InChI=1S/C19H18BrFN4O3.CH4N2O/c1-19(11-10-12-4-2-3-5-15(12)21)16(26)25(18(28)23-19)24-17(27)22-14-8-6-13(20)7-9-14;2-1(3)4/h2-9H,10-11H2,1H3,(H,23,28)(H2,22,24,27);(H4,2,3,4). The van der Waals surface area contributed by atoms with Crippen molar-refractivity contribution < 1.29 is 23.6 Å². The number of hydrazine groups is 1. The highest BCUT2D eigenvalue weighted by atomic mass is 79.9. The topological polar surface area (TPSA) is 160 Å². The Labute approximate surface area is 191 Å². The molecular weight excluding hydrogens is 487 g/mol. The molecule has 2 aromatic carbocycles. The molecule has 0 radical (unpaired) electrons. The van der Waals surface area contributed by atoms with Crippen LogP contribution in [0.1, 0.15) is 18.9 Å². The number of rotatable bonds is 5. The zero-order valence-electron chi connectivity index (χ0n) is 17.0. The second-order valence-electron chi connectivity index (χ2n) is 6.97. The summed E-state index contributed by atoms with van der Waals surface area (Å²) in [6.07, 6.45) is 0.444. The third-order valence-electron chi connectivity index (χ3n) is 4.43. The monoisotopic (exact) mass is 508 g/mol. The Balaban J connectivity index is 0.000000837. The molecule has 0 aliphatic carbocycles. The normalized spacial score (nSPS) is 17.2. The van der Waals surface area contributed by atoms with E-state index in [4.69, 9.17) is 4.79 Å². The lowest BCUT2D eigenvalue weighted by Crippen LogP contribution is -2.50. The predicted octanol–water partition coefficient (Wildman–Crippen LogP) is 2.59. The van der Waals surface area contributed by atoms with E-state index in [1.165, 1.54) is 6.07 Å². The number of amides is 7. The summed E-state index contributed by atoms with van der Waals surface area (Å²) in [5, 5.41) is 5.73. The number of benzene rings is 2. The van der Waals surface area contributed by atoms with Gasteiger partial charge in [-0.3, -0.25) is 4.79 Å². The lowest BCUT2D eigenvalue weighted by atomic mass is 9.93. The molecule has 170 valence electrons. The molecule has 1 unspecified atom stereocenters. The van der Waals surface area contributed by atoms with Gasteiger partial charge in [0.05, 0.1) is 0 Å². The molecule has 0 saturated carbocycles. The first kappa shape index (κ1) is 24.6. The highest BCUT2D eigenvalue weighted by molar-refractivity contribution is 9.10. The highest BCUT2D eigenvalue weighted by Crippen LogP contribution is 2.23. The van der Waals surface area contributed by atoms with Gasteiger partial charge in [0.1, 0.15) is 11.4 Å². The lowest BCUT2D eigenvalue weighted by molar-refractivity contribution is -0.132. The van der Waals surface area contributed by atoms with E-state index in [1.54, 1.807) is 49.4 Å². The number of halogens is 2. The van der Waals surface area contributed by atoms with E-state index in [9.17, 15) is 18.8 Å². The minimum atomic E-state index is -1.25. The van der Waals surface area contributed by atoms with Crippen molar-refractivity contribution in [3.63, 3.8) is 0 Å². The van der Waals surface area contributed by atoms with Crippen LogP contribution in [0.3, 0.4) is 0 Å². The van der Waals surface area contributed by atoms with Gasteiger partial charge in [-0.1, -0.05) is 34.1 Å². The number of nitrogens with zero attached hydrogens (tertiary/aromatic N) is 1. The minimum Gasteiger partial charge on any atom is -0.352 e. The third-order valence-corrected chi connectivity index (χ3v) is 4.96. The Morgan fingerprint density at radius 1 is 1.12 bits per heavy atom. The molecule has 1 fully saturated rings. The van der Waals surface area contributed by atoms with Crippen LogP contribution in [0, 0.1) is 5.82 Å². The van der Waals surface area contributed by atoms with E-state index in [-0.39, 0.29) is 18.7 Å². The van der Waals surface area contributed by atoms with Gasteiger partial charge in [0.2, 0.25) is 0 Å². The van der Waals surface area contributed by atoms with E-state index in [0.29, 0.717) is 16.3 Å². The fraction of sp³-hybridized carbons (Fsp3) is 0.200. The van der Waals surface area contributed by atoms with Crippen molar-refractivity contribution in [2.24, 2.45) is 11.5 Å². The number of primary amides is 2. The molecule has 10 nitrogen and oxygen atoms in total. The summed E-state index contributed by atoms with van der Waals surface area (Å²) in [5.74, 6) is -0.980. The lowest BCUT2D eigenvalue weighted by Gasteiger charge is -2.21. The third kappa shape index (κ3) is 6.67. The Morgan fingerprint density at radius 3 is 2.31 bits per heavy atom. The molecule has 1 atom stereocenters. The maximum absolute atomic E-state index is 13.8. The first-order chi connectivity index (χ1) is 15.0. The van der Waals surface area contributed by atoms with Gasteiger partial charge in [-0.2, -0.15) is 5.01 Å². The molecule has 1 aliphatic rings. The van der Waals surface area contributed by atoms with Crippen LogP contribution in [0.15, 0.2) is 53.0 Å². The molecule has 0 aromatic heterocycles. The first-order valence-electron chi connectivity index (χ1n) is 9.30. The Bertz CT molecular complexity index is 1020. The number of anilines is 1. The van der Waals surface area contributed by atoms with Gasteiger partial charge in [-0.15, -0.1) is 0 Å². The maximum Gasteiger partial charge on any atom is 0.344 e. The number of urea groups is 3. The molecule has 7 N–H and O–H groups in total. The zero-order chi connectivity index (χ0) is 23.9. The molecule has 3 rings (SSSR count). The zero-order valence-corrected chi connectivity index (χ0v) is 18.6. The summed E-state index contributed by atoms with van der Waals surface area (Å²) in [5.41, 5.74) is 10.4. The summed E-state index contributed by atoms with van der Waals surface area (Å²) in [6.45, 7) is 1.54. The van der Waals surface area contributed by atoms with Crippen LogP contribution in [0.5, 0.6) is 0 Å². The van der Waals surface area contributed by atoms with Crippen LogP contribution in [0.4, 0.5) is 24.5 Å². The van der Waals surface area contributed by atoms with Crippen molar-refractivity contribution in [3.05, 3.63) is 64.4 Å². The maximum atomic E-state index is 13.8. The average Bonchev–Trinajstić information content (AvgIpc) is 2.92. The second kappa shape index (κ2) is 10.6. The van der Waals surface area contributed by atoms with E-state index >= 15 is 0 Å². The summed E-state index contributed by atoms with van der Waals surface area (Å²) < 4.78 is 14.6. The molecule has 0 spiro atoms. The molecular formula is C20H22BrFN6O4. The molecule has 12 heteroatoms. The molecule has 1 heterocycles. The number of imide groups is 1. The van der Waals surface area contributed by atoms with Crippen molar-refractivity contribution in [3.8, 4) is 0 Å². The van der Waals surface area contributed by atoms with Gasteiger partial charge in [-0.25, -0.2) is 24.2 Å². The van der Waals surface area contributed by atoms with Crippen molar-refractivity contribution in [2.45, 2.75) is 25.3 Å². The van der Waals surface area contributed by atoms with Crippen molar-refractivity contribution in [1.82, 2.24) is 15.8 Å². The summed E-state index contributed by atoms with van der Waals surface area (Å²) in [7, 11) is 0. The molecule has 1 aliphatic heterocycles. The fourth-order valence-electron chi connectivity index (χ4n) is 2.83. The second-order valence-corrected chi connectivity index (χ2v) is 7.89. The quantitative estimate of drug-likeness (QED) is 0.392. The predicted molar refractivity (Wildman–Crippen MR) is 119 cm³/mol. The molecule has 1 saturated heterocycles. The van der Waals surface area contributed by atoms with Gasteiger partial charge in [0.25, 0.3) is 5.91 Å². The van der Waals surface area contributed by atoms with E-state index in [1.807, 2.05) is 0 Å². The van der Waals surface area contributed by atoms with Gasteiger partial charge >= 0.3 is 18.1 Å². The number of carbonyl (C=O) groups excluding carboxylic acids is 4. The SMILES string of the molecule is CC1(CCc2ccccc2F)NC(=O)N(NC(=O)Nc2ccc(Br)cc2)C1=O.NC(N)=O. The van der Waals surface area contributed by atoms with E-state index < -0.39 is 29.5 Å². The summed E-state index contributed by atoms with van der Waals surface area (Å²) in [4.78, 5) is 46.0. The van der Waals surface area contributed by atoms with E-state index in [2.05, 4.69) is 43.5 Å². The van der Waals surface area contributed by atoms with Crippen LogP contribution in [-0.4, -0.2) is 34.5 Å². The smallest absolute Gasteiger partial charge is 0.344 e. The molecule has 7 amide bonds. The highest BCUT2D eigenvalue weighted by Gasteiger charge is 2.48. The fourth-order valence-corrected chi connectivity index (χ4v) is 3.10. The first-order valence-corrected chi connectivity index (χ1v) is 10.1. The van der Waals surface area contributed by atoms with Crippen LogP contribution in [0.2, 0.25) is 0 Å². The van der Waals surface area contributed by atoms with Crippen LogP contribution in [0.25, 0.3) is 0 Å². The van der Waals surface area contributed by atoms with Crippen molar-refractivity contribution in [2.75, 3.05) is 5.32 Å². The summed E-state index contributed by atoms with van der Waals surface area (Å²) >= 11 is 3.29. The Morgan fingerprint density at radius 2 is 1.72 bits per heavy atom. The molecule has 0 bridgehead atoms. The van der Waals surface area contributed by atoms with Crippen molar-refractivity contribution >= 4 is 45.6 Å². The number of hydrogen-bond acceptors (Lipinski definition) is 4.